The molecule has 3 N–H and O–H groups in total. The van der Waals surface area contributed by atoms with E-state index in [0.717, 1.165) is 7.11 Å². The van der Waals surface area contributed by atoms with Crippen LogP contribution in [0, 0.1) is 11.7 Å². The summed E-state index contributed by atoms with van der Waals surface area (Å²) in [5.41, 5.74) is 3.90. The highest BCUT2D eigenvalue weighted by Gasteiger charge is 2.33. The highest BCUT2D eigenvalue weighted by Crippen LogP contribution is 2.26. The van der Waals surface area contributed by atoms with Gasteiger partial charge in [-0.05, 0) is 40.4 Å². The SMILES string of the molecule is COC(=O)NC(C(=O)OC(CN(Cc1ccc(-c2cc(Cl)ccc2F)cc1)NC(=O)c1cc(OC)no1)C(=O)O)C(C)C. The molecule has 2 aromatic carbocycles. The minimum atomic E-state index is -1.78. The molecule has 43 heavy (non-hydrogen) atoms. The van der Waals surface area contributed by atoms with Gasteiger partial charge in [-0.3, -0.25) is 10.2 Å². The molecule has 0 aliphatic rings. The quantitative estimate of drug-likeness (QED) is 0.188. The number of nitrogens with one attached hydrogen (secondary N) is 2. The Hall–Kier alpha value is -4.69. The zero-order chi connectivity index (χ0) is 31.7. The Labute approximate surface area is 250 Å². The zero-order valence-electron chi connectivity index (χ0n) is 23.6. The van der Waals surface area contributed by atoms with Crippen LogP contribution in [0.5, 0.6) is 5.88 Å². The number of benzene rings is 2. The number of carboxylic acids is 1. The molecule has 3 rings (SSSR count). The Morgan fingerprint density at radius 2 is 1.79 bits per heavy atom. The van der Waals surface area contributed by atoms with Crippen LogP contribution < -0.4 is 15.5 Å². The lowest BCUT2D eigenvalue weighted by molar-refractivity contribution is -0.167. The maximum absolute atomic E-state index is 14.4. The molecule has 0 spiro atoms. The second-order valence-corrected chi connectivity index (χ2v) is 9.93. The minimum absolute atomic E-state index is 0.0377. The fourth-order valence-electron chi connectivity index (χ4n) is 3.80. The number of alkyl carbamates (subject to hydrolysis) is 1. The van der Waals surface area contributed by atoms with Crippen LogP contribution in [0.4, 0.5) is 9.18 Å². The lowest BCUT2D eigenvalue weighted by Crippen LogP contribution is -2.51. The number of hydrogen-bond donors (Lipinski definition) is 3. The summed E-state index contributed by atoms with van der Waals surface area (Å²) in [6, 6.07) is 10.7. The third-order valence-electron chi connectivity index (χ3n) is 6.05. The molecule has 0 aliphatic heterocycles. The van der Waals surface area contributed by atoms with Crippen molar-refractivity contribution in [3.63, 3.8) is 0 Å². The fraction of sp³-hybridized carbons (Fsp3) is 0.321. The summed E-state index contributed by atoms with van der Waals surface area (Å²) in [7, 11) is 2.44. The van der Waals surface area contributed by atoms with Gasteiger partial charge in [-0.15, -0.1) is 0 Å². The van der Waals surface area contributed by atoms with Crippen LogP contribution >= 0.6 is 11.6 Å². The number of nitrogens with zero attached hydrogens (tertiary/aromatic N) is 2. The van der Waals surface area contributed by atoms with Gasteiger partial charge in [-0.1, -0.05) is 49.7 Å². The summed E-state index contributed by atoms with van der Waals surface area (Å²) in [5.74, 6) is -4.47. The van der Waals surface area contributed by atoms with Gasteiger partial charge in [0.15, 0.2) is 0 Å². The van der Waals surface area contributed by atoms with Crippen LogP contribution in [-0.2, 0) is 25.6 Å². The molecule has 0 radical (unpaired) electrons. The first kappa shape index (κ1) is 32.8. The topological polar surface area (TPSA) is 170 Å². The molecule has 15 heteroatoms. The van der Waals surface area contributed by atoms with Gasteiger partial charge in [0.05, 0.1) is 26.8 Å². The molecule has 0 aliphatic carbocycles. The van der Waals surface area contributed by atoms with Gasteiger partial charge < -0.3 is 29.2 Å². The normalized spacial score (nSPS) is 12.4. The number of amides is 2. The molecule has 0 fully saturated rings. The molecule has 1 heterocycles. The number of halogens is 2. The largest absolute Gasteiger partial charge is 0.479 e. The van der Waals surface area contributed by atoms with Crippen LogP contribution in [-0.4, -0.2) is 72.1 Å². The predicted molar refractivity (Wildman–Crippen MR) is 149 cm³/mol. The number of hydrogen-bond acceptors (Lipinski definition) is 10. The van der Waals surface area contributed by atoms with E-state index in [-0.39, 0.29) is 23.7 Å². The van der Waals surface area contributed by atoms with Crippen LogP contribution in [0.1, 0.15) is 30.0 Å². The molecule has 230 valence electrons. The molecular weight excluding hydrogens is 591 g/mol. The van der Waals surface area contributed by atoms with Crippen molar-refractivity contribution in [3.05, 3.63) is 70.7 Å². The number of carboxylic acid groups (broad SMARTS) is 1. The van der Waals surface area contributed by atoms with E-state index in [1.807, 2.05) is 0 Å². The lowest BCUT2D eigenvalue weighted by Gasteiger charge is -2.27. The molecule has 2 unspecified atom stereocenters. The van der Waals surface area contributed by atoms with Gasteiger partial charge in [0, 0.05) is 17.1 Å². The van der Waals surface area contributed by atoms with Gasteiger partial charge in [-0.2, -0.15) is 0 Å². The van der Waals surface area contributed by atoms with Crippen molar-refractivity contribution in [2.75, 3.05) is 20.8 Å². The summed E-state index contributed by atoms with van der Waals surface area (Å²) in [6.45, 7) is 2.64. The Balaban J connectivity index is 1.85. The summed E-state index contributed by atoms with van der Waals surface area (Å²) < 4.78 is 34.0. The van der Waals surface area contributed by atoms with Crippen molar-refractivity contribution < 1.29 is 47.4 Å². The van der Waals surface area contributed by atoms with E-state index in [9.17, 15) is 28.7 Å². The number of carbonyl (C=O) groups excluding carboxylic acids is 3. The highest BCUT2D eigenvalue weighted by molar-refractivity contribution is 6.30. The highest BCUT2D eigenvalue weighted by atomic mass is 35.5. The third-order valence-corrected chi connectivity index (χ3v) is 6.28. The number of aromatic nitrogens is 1. The van der Waals surface area contributed by atoms with Crippen LogP contribution in [0.3, 0.4) is 0 Å². The zero-order valence-corrected chi connectivity index (χ0v) is 24.4. The van der Waals surface area contributed by atoms with Crippen LogP contribution in [0.2, 0.25) is 5.02 Å². The number of methoxy groups -OCH3 is 2. The summed E-state index contributed by atoms with van der Waals surface area (Å²) in [4.78, 5) is 49.6. The molecule has 0 saturated carbocycles. The summed E-state index contributed by atoms with van der Waals surface area (Å²) in [6.07, 6.45) is -2.68. The van der Waals surface area contributed by atoms with Crippen LogP contribution in [0.25, 0.3) is 11.1 Å². The Kier molecular flexibility index (Phi) is 11.4. The number of carbonyl (C=O) groups is 4. The lowest BCUT2D eigenvalue weighted by atomic mass is 10.0. The first-order chi connectivity index (χ1) is 20.4. The van der Waals surface area contributed by atoms with Crippen molar-refractivity contribution in [1.29, 1.82) is 0 Å². The first-order valence-corrected chi connectivity index (χ1v) is 13.2. The van der Waals surface area contributed by atoms with Gasteiger partial charge >= 0.3 is 23.9 Å². The molecule has 3 aromatic rings. The van der Waals surface area contributed by atoms with Crippen molar-refractivity contribution in [2.24, 2.45) is 5.92 Å². The number of ether oxygens (including phenoxy) is 3. The second-order valence-electron chi connectivity index (χ2n) is 9.50. The van der Waals surface area contributed by atoms with E-state index in [2.05, 4.69) is 20.6 Å². The van der Waals surface area contributed by atoms with E-state index in [4.69, 9.17) is 25.6 Å². The molecule has 2 amide bonds. The smallest absolute Gasteiger partial charge is 0.407 e. The maximum Gasteiger partial charge on any atom is 0.407 e. The number of aliphatic carboxylic acids is 1. The van der Waals surface area contributed by atoms with E-state index in [1.165, 1.54) is 36.4 Å². The monoisotopic (exact) mass is 620 g/mol. The average molecular weight is 621 g/mol. The molecule has 0 saturated heterocycles. The van der Waals surface area contributed by atoms with E-state index in [1.54, 1.807) is 38.1 Å². The van der Waals surface area contributed by atoms with E-state index < -0.39 is 54.4 Å². The summed E-state index contributed by atoms with van der Waals surface area (Å²) >= 11 is 6.01. The van der Waals surface area contributed by atoms with Crippen LogP contribution in [0.15, 0.2) is 53.1 Å². The van der Waals surface area contributed by atoms with E-state index >= 15 is 0 Å². The number of hydrazine groups is 1. The first-order valence-electron chi connectivity index (χ1n) is 12.8. The third kappa shape index (κ3) is 9.15. The van der Waals surface area contributed by atoms with Crippen molar-refractivity contribution in [3.8, 4) is 17.0 Å². The standard InChI is InChI=1S/C28H30ClFN4O9/c1-15(2)24(31-28(39)41-4)27(38)42-22(26(36)37)14-34(32-25(35)21-12-23(40-3)33-43-21)13-16-5-7-17(8-6-16)19-11-18(29)9-10-20(19)30/h5-12,15,22,24H,13-14H2,1-4H3,(H,31,39)(H,32,35)(H,36,37). The Morgan fingerprint density at radius 3 is 2.37 bits per heavy atom. The van der Waals surface area contributed by atoms with Crippen molar-refractivity contribution in [1.82, 2.24) is 20.9 Å². The van der Waals surface area contributed by atoms with Crippen molar-refractivity contribution >= 4 is 35.5 Å². The number of rotatable bonds is 13. The fourth-order valence-corrected chi connectivity index (χ4v) is 3.97. The molecule has 0 bridgehead atoms. The molecule has 2 atom stereocenters. The Morgan fingerprint density at radius 1 is 1.09 bits per heavy atom. The molecule has 1 aromatic heterocycles. The van der Waals surface area contributed by atoms with Gasteiger partial charge in [0.25, 0.3) is 5.88 Å². The predicted octanol–water partition coefficient (Wildman–Crippen LogP) is 3.67. The van der Waals surface area contributed by atoms with Gasteiger partial charge in [-0.25, -0.2) is 23.8 Å². The van der Waals surface area contributed by atoms with Gasteiger partial charge in [0.2, 0.25) is 11.9 Å². The average Bonchev–Trinajstić information content (AvgIpc) is 3.46. The van der Waals surface area contributed by atoms with E-state index in [0.29, 0.717) is 16.1 Å². The summed E-state index contributed by atoms with van der Waals surface area (Å²) in [5, 5.41) is 17.3. The molecular formula is C28H30ClFN4O9. The van der Waals surface area contributed by atoms with Gasteiger partial charge in [0.1, 0.15) is 11.9 Å². The second kappa shape index (κ2) is 15.0. The number of esters is 1. The van der Waals surface area contributed by atoms with Crippen molar-refractivity contribution in [2.45, 2.75) is 32.5 Å². The maximum atomic E-state index is 14.4. The minimum Gasteiger partial charge on any atom is -0.479 e. The Bertz CT molecular complexity index is 1450. The molecule has 13 nitrogen and oxygen atoms in total.